The Morgan fingerprint density at radius 3 is 2.60 bits per heavy atom. The van der Waals surface area contributed by atoms with Crippen LogP contribution in [-0.4, -0.2) is 42.8 Å². The van der Waals surface area contributed by atoms with Gasteiger partial charge in [-0.15, -0.1) is 0 Å². The van der Waals surface area contributed by atoms with E-state index in [0.717, 1.165) is 43.3 Å². The number of amides is 1. The van der Waals surface area contributed by atoms with Crippen molar-refractivity contribution in [3.63, 3.8) is 0 Å². The summed E-state index contributed by atoms with van der Waals surface area (Å²) in [6, 6.07) is 2.07. The van der Waals surface area contributed by atoms with E-state index in [2.05, 4.69) is 9.98 Å². The average molecular weight is 362 g/mol. The van der Waals surface area contributed by atoms with E-state index in [0.29, 0.717) is 16.2 Å². The Labute approximate surface area is 154 Å². The number of hydrogen-bond donors (Lipinski definition) is 2. The van der Waals surface area contributed by atoms with Crippen LogP contribution in [0.2, 0.25) is 0 Å². The number of rotatable bonds is 6. The highest BCUT2D eigenvalue weighted by Gasteiger charge is 2.19. The highest BCUT2D eigenvalue weighted by atomic mass is 32.1. The molecule has 1 saturated carbocycles. The molecular formula is C18H27N5OS. The van der Waals surface area contributed by atoms with Crippen molar-refractivity contribution in [3.8, 4) is 0 Å². The van der Waals surface area contributed by atoms with E-state index < -0.39 is 0 Å². The number of pyridine rings is 1. The Balaban J connectivity index is 2.34. The van der Waals surface area contributed by atoms with Crippen LogP contribution in [-0.2, 0) is 4.79 Å². The highest BCUT2D eigenvalue weighted by Crippen LogP contribution is 2.29. The molecule has 1 aliphatic rings. The molecule has 0 radical (unpaired) electrons. The van der Waals surface area contributed by atoms with E-state index in [-0.39, 0.29) is 6.04 Å². The number of anilines is 2. The summed E-state index contributed by atoms with van der Waals surface area (Å²) >= 11 is 5.46. The van der Waals surface area contributed by atoms with Gasteiger partial charge in [-0.3, -0.25) is 4.79 Å². The van der Waals surface area contributed by atoms with Gasteiger partial charge in [0, 0.05) is 26.2 Å². The van der Waals surface area contributed by atoms with Gasteiger partial charge in [0.1, 0.15) is 10.5 Å². The summed E-state index contributed by atoms with van der Waals surface area (Å²) in [7, 11) is 3.87. The van der Waals surface area contributed by atoms with Crippen LogP contribution in [0.1, 0.15) is 44.6 Å². The Hall–Kier alpha value is -2.15. The zero-order valence-corrected chi connectivity index (χ0v) is 16.0. The third kappa shape index (κ3) is 4.69. The first-order valence-corrected chi connectivity index (χ1v) is 9.02. The Bertz CT molecular complexity index is 717. The zero-order chi connectivity index (χ0) is 18.4. The molecule has 1 amide bonds. The van der Waals surface area contributed by atoms with E-state index in [4.69, 9.17) is 18.0 Å². The lowest BCUT2D eigenvalue weighted by Gasteiger charge is -2.28. The molecule has 136 valence electrons. The van der Waals surface area contributed by atoms with Gasteiger partial charge in [0.05, 0.1) is 23.3 Å². The van der Waals surface area contributed by atoms with Crippen molar-refractivity contribution in [1.82, 2.24) is 9.88 Å². The predicted octanol–water partition coefficient (Wildman–Crippen LogP) is 3.57. The fraction of sp³-hybridized carbons (Fsp3) is 0.500. The van der Waals surface area contributed by atoms with Gasteiger partial charge in [-0.25, -0.2) is 4.99 Å². The van der Waals surface area contributed by atoms with Gasteiger partial charge in [0.15, 0.2) is 0 Å². The Morgan fingerprint density at radius 1 is 1.36 bits per heavy atom. The summed E-state index contributed by atoms with van der Waals surface area (Å²) in [5.41, 5.74) is 8.30. The quantitative estimate of drug-likeness (QED) is 0.351. The molecule has 1 aromatic heterocycles. The Kier molecular flexibility index (Phi) is 6.75. The number of aromatic amines is 1. The maximum absolute atomic E-state index is 11.5. The summed E-state index contributed by atoms with van der Waals surface area (Å²) in [6.07, 6.45) is 10.0. The Morgan fingerprint density at radius 2 is 2.04 bits per heavy atom. The van der Waals surface area contributed by atoms with Crippen molar-refractivity contribution < 1.29 is 4.79 Å². The van der Waals surface area contributed by atoms with E-state index in [9.17, 15) is 4.79 Å². The molecule has 7 heteroatoms. The van der Waals surface area contributed by atoms with E-state index in [1.54, 1.807) is 11.2 Å². The summed E-state index contributed by atoms with van der Waals surface area (Å²) in [4.78, 5) is 22.7. The smallest absolute Gasteiger partial charge is 0.215 e. The van der Waals surface area contributed by atoms with Gasteiger partial charge in [0.2, 0.25) is 6.41 Å². The molecular weight excluding hydrogens is 334 g/mol. The lowest BCUT2D eigenvalue weighted by Crippen LogP contribution is -2.34. The van der Waals surface area contributed by atoms with Gasteiger partial charge in [0.25, 0.3) is 0 Å². The van der Waals surface area contributed by atoms with Crippen LogP contribution in [0, 0.1) is 4.64 Å². The first kappa shape index (κ1) is 19.2. The summed E-state index contributed by atoms with van der Waals surface area (Å²) in [6.45, 7) is 1.91. The molecule has 0 atom stereocenters. The molecule has 6 nitrogen and oxygen atoms in total. The molecule has 0 saturated heterocycles. The molecule has 0 spiro atoms. The highest BCUT2D eigenvalue weighted by molar-refractivity contribution is 7.71. The van der Waals surface area contributed by atoms with E-state index >= 15 is 0 Å². The molecule has 0 aliphatic heterocycles. The molecule has 25 heavy (non-hydrogen) atoms. The molecule has 0 unspecified atom stereocenters. The number of carbonyl (C=O) groups is 1. The van der Waals surface area contributed by atoms with Crippen molar-refractivity contribution >= 4 is 42.2 Å². The zero-order valence-electron chi connectivity index (χ0n) is 15.2. The SMILES string of the molecule is C/C=C(\N=CN(C=O)C1CCCCC1)c1c(N(C)C)cc(N)[nH]c1=S. The number of nitrogens with zero attached hydrogens (tertiary/aromatic N) is 3. The number of hydrogen-bond acceptors (Lipinski definition) is 5. The van der Waals surface area contributed by atoms with Crippen LogP contribution in [0.5, 0.6) is 0 Å². The van der Waals surface area contributed by atoms with Crippen molar-refractivity contribution in [3.05, 3.63) is 22.3 Å². The van der Waals surface area contributed by atoms with Crippen LogP contribution in [0.4, 0.5) is 11.5 Å². The van der Waals surface area contributed by atoms with Crippen LogP contribution in [0.3, 0.4) is 0 Å². The van der Waals surface area contributed by atoms with Gasteiger partial charge in [-0.05, 0) is 19.8 Å². The van der Waals surface area contributed by atoms with Crippen LogP contribution < -0.4 is 10.6 Å². The molecule has 1 aromatic rings. The monoisotopic (exact) mass is 361 g/mol. The minimum atomic E-state index is 0.238. The van der Waals surface area contributed by atoms with E-state index in [1.165, 1.54) is 6.42 Å². The van der Waals surface area contributed by atoms with Gasteiger partial charge in [-0.2, -0.15) is 0 Å². The second kappa shape index (κ2) is 8.80. The van der Waals surface area contributed by atoms with E-state index in [1.807, 2.05) is 38.1 Å². The second-order valence-corrected chi connectivity index (χ2v) is 6.88. The maximum atomic E-state index is 11.5. The maximum Gasteiger partial charge on any atom is 0.215 e. The van der Waals surface area contributed by atoms with Crippen molar-refractivity contribution in [2.24, 2.45) is 4.99 Å². The molecule has 1 aliphatic carbocycles. The first-order chi connectivity index (χ1) is 12.0. The fourth-order valence-corrected chi connectivity index (χ4v) is 3.49. The van der Waals surface area contributed by atoms with Crippen LogP contribution in [0.15, 0.2) is 17.1 Å². The largest absolute Gasteiger partial charge is 0.385 e. The minimum Gasteiger partial charge on any atom is -0.385 e. The number of nitrogens with one attached hydrogen (secondary N) is 1. The number of allylic oxidation sites excluding steroid dienone is 1. The molecule has 2 rings (SSSR count). The van der Waals surface area contributed by atoms with Crippen molar-refractivity contribution in [2.45, 2.75) is 45.1 Å². The van der Waals surface area contributed by atoms with Crippen LogP contribution in [0.25, 0.3) is 5.70 Å². The van der Waals surface area contributed by atoms with Gasteiger partial charge >= 0.3 is 0 Å². The van der Waals surface area contributed by atoms with Gasteiger partial charge in [-0.1, -0.05) is 37.6 Å². The van der Waals surface area contributed by atoms with Crippen LogP contribution >= 0.6 is 12.2 Å². The fourth-order valence-electron chi connectivity index (χ4n) is 3.16. The number of nitrogens with two attached hydrogens (primary N) is 1. The molecule has 1 heterocycles. The molecule has 0 bridgehead atoms. The van der Waals surface area contributed by atoms with Crippen molar-refractivity contribution in [2.75, 3.05) is 24.7 Å². The third-order valence-corrected chi connectivity index (χ3v) is 4.80. The lowest BCUT2D eigenvalue weighted by molar-refractivity contribution is -0.116. The third-order valence-electron chi connectivity index (χ3n) is 4.49. The number of carbonyl (C=O) groups excluding carboxylic acids is 1. The average Bonchev–Trinajstić information content (AvgIpc) is 2.60. The topological polar surface area (TPSA) is 77.7 Å². The summed E-state index contributed by atoms with van der Waals surface area (Å²) in [5.74, 6) is 0.508. The normalized spacial score (nSPS) is 16.2. The molecule has 3 N–H and O–H groups in total. The number of aromatic nitrogens is 1. The summed E-state index contributed by atoms with van der Waals surface area (Å²) in [5, 5.41) is 0. The first-order valence-electron chi connectivity index (χ1n) is 8.61. The van der Waals surface area contributed by atoms with Crippen molar-refractivity contribution in [1.29, 1.82) is 0 Å². The van der Waals surface area contributed by atoms with Gasteiger partial charge < -0.3 is 20.5 Å². The predicted molar refractivity (Wildman–Crippen MR) is 107 cm³/mol. The molecule has 1 fully saturated rings. The number of H-pyrrole nitrogens is 1. The minimum absolute atomic E-state index is 0.238. The number of nitrogen functional groups attached to an aromatic ring is 1. The second-order valence-electron chi connectivity index (χ2n) is 6.47. The number of aliphatic imine (C=N–C) groups is 1. The molecule has 0 aromatic carbocycles. The lowest BCUT2D eigenvalue weighted by atomic mass is 9.95. The standard InChI is InChI=1S/C18H27N5OS/c1-4-14(17-15(22(2)3)10-16(19)21-18(17)25)20-11-23(12-24)13-8-6-5-7-9-13/h4,10-13H,5-9H2,1-3H3,(H3,19,21,25)/b14-4-,20-11?. The summed E-state index contributed by atoms with van der Waals surface area (Å²) < 4.78 is 0.532.